The lowest BCUT2D eigenvalue weighted by molar-refractivity contribution is -0.148. The van der Waals surface area contributed by atoms with Gasteiger partial charge in [0.25, 0.3) is 5.91 Å². The van der Waals surface area contributed by atoms with Gasteiger partial charge in [-0.1, -0.05) is 24.6 Å². The lowest BCUT2D eigenvalue weighted by Crippen LogP contribution is -2.44. The molecule has 1 aromatic carbocycles. The molecular formula is C17H24N2O5. The molecule has 7 nitrogen and oxygen atoms in total. The minimum absolute atomic E-state index is 0.0141. The second-order valence-electron chi connectivity index (χ2n) is 5.40. The minimum Gasteiger partial charge on any atom is -0.493 e. The first-order chi connectivity index (χ1) is 11.4. The first kappa shape index (κ1) is 19.5. The number of hydrogen-bond donors (Lipinski definition) is 2. The highest BCUT2D eigenvalue weighted by Gasteiger charge is 2.12. The molecule has 1 aromatic rings. The normalized spacial score (nSPS) is 11.3. The summed E-state index contributed by atoms with van der Waals surface area (Å²) < 4.78 is 10.2. The smallest absolute Gasteiger partial charge is 0.321 e. The second kappa shape index (κ2) is 10.3. The molecule has 0 spiro atoms. The predicted molar refractivity (Wildman–Crippen MR) is 88.7 cm³/mol. The molecule has 7 heteroatoms. The van der Waals surface area contributed by atoms with E-state index in [9.17, 15) is 14.4 Å². The maximum absolute atomic E-state index is 11.5. The Bertz CT molecular complexity index is 557. The van der Waals surface area contributed by atoms with E-state index < -0.39 is 24.5 Å². The number of carbonyl (C=O) groups is 3. The van der Waals surface area contributed by atoms with Crippen LogP contribution in [0.15, 0.2) is 24.3 Å². The number of carbonyl (C=O) groups excluding carboxylic acids is 3. The molecular weight excluding hydrogens is 312 g/mol. The Hall–Kier alpha value is -2.57. The van der Waals surface area contributed by atoms with Gasteiger partial charge in [0, 0.05) is 6.04 Å². The molecule has 0 aliphatic rings. The Kier molecular flexibility index (Phi) is 8.32. The fourth-order valence-corrected chi connectivity index (χ4v) is 1.63. The molecule has 132 valence electrons. The van der Waals surface area contributed by atoms with Gasteiger partial charge in [0.2, 0.25) is 0 Å². The number of aryl methyl sites for hydroxylation is 1. The van der Waals surface area contributed by atoms with Crippen LogP contribution in [0.4, 0.5) is 4.79 Å². The fourth-order valence-electron chi connectivity index (χ4n) is 1.63. The molecule has 3 amide bonds. The van der Waals surface area contributed by atoms with Crippen LogP contribution in [0.2, 0.25) is 0 Å². The monoisotopic (exact) mass is 336 g/mol. The number of ether oxygens (including phenoxy) is 2. The Morgan fingerprint density at radius 2 is 1.83 bits per heavy atom. The molecule has 0 bridgehead atoms. The summed E-state index contributed by atoms with van der Waals surface area (Å²) in [7, 11) is 0. The third-order valence-electron chi connectivity index (χ3n) is 3.20. The Morgan fingerprint density at radius 3 is 2.46 bits per heavy atom. The van der Waals surface area contributed by atoms with Crippen LogP contribution in [0.1, 0.15) is 32.3 Å². The number of urea groups is 1. The van der Waals surface area contributed by atoms with Crippen LogP contribution in [-0.2, 0) is 14.3 Å². The number of rotatable bonds is 8. The molecule has 24 heavy (non-hydrogen) atoms. The van der Waals surface area contributed by atoms with Gasteiger partial charge in [-0.2, -0.15) is 0 Å². The van der Waals surface area contributed by atoms with Crippen molar-refractivity contribution in [3.63, 3.8) is 0 Å². The number of imide groups is 1. The van der Waals surface area contributed by atoms with Crippen molar-refractivity contribution < 1.29 is 23.9 Å². The van der Waals surface area contributed by atoms with Gasteiger partial charge in [-0.3, -0.25) is 14.9 Å². The van der Waals surface area contributed by atoms with Crippen LogP contribution in [0.5, 0.6) is 5.75 Å². The standard InChI is InChI=1S/C17H24N2O5/c1-4-13(3)18-17(22)19-15(20)11-24-16(21)9-10-23-14-7-5-12(2)6-8-14/h5-8,13H,4,9-11H2,1-3H3,(H2,18,19,20,22)/t13-/m0/s1. The first-order valence-electron chi connectivity index (χ1n) is 7.86. The first-order valence-corrected chi connectivity index (χ1v) is 7.86. The van der Waals surface area contributed by atoms with Crippen molar-refractivity contribution in [2.24, 2.45) is 0 Å². The summed E-state index contributed by atoms with van der Waals surface area (Å²) in [6.45, 7) is 5.34. The molecule has 0 saturated heterocycles. The van der Waals surface area contributed by atoms with Crippen LogP contribution in [0, 0.1) is 6.92 Å². The zero-order chi connectivity index (χ0) is 17.9. The number of hydrogen-bond acceptors (Lipinski definition) is 5. The van der Waals surface area contributed by atoms with Crippen LogP contribution >= 0.6 is 0 Å². The van der Waals surface area contributed by atoms with E-state index in [2.05, 4.69) is 10.6 Å². The Balaban J connectivity index is 2.17. The largest absolute Gasteiger partial charge is 0.493 e. The van der Waals surface area contributed by atoms with E-state index in [0.717, 1.165) is 12.0 Å². The maximum atomic E-state index is 11.5. The van der Waals surface area contributed by atoms with Gasteiger partial charge in [-0.05, 0) is 32.4 Å². The van der Waals surface area contributed by atoms with Crippen LogP contribution in [-0.4, -0.2) is 37.2 Å². The average molecular weight is 336 g/mol. The number of nitrogens with one attached hydrogen (secondary N) is 2. The van der Waals surface area contributed by atoms with E-state index in [1.165, 1.54) is 0 Å². The van der Waals surface area contributed by atoms with E-state index in [1.54, 1.807) is 0 Å². The zero-order valence-corrected chi connectivity index (χ0v) is 14.3. The summed E-state index contributed by atoms with van der Waals surface area (Å²) in [5.41, 5.74) is 1.12. The van der Waals surface area contributed by atoms with Crippen LogP contribution in [0.3, 0.4) is 0 Å². The van der Waals surface area contributed by atoms with Gasteiger partial charge in [0.1, 0.15) is 5.75 Å². The van der Waals surface area contributed by atoms with E-state index in [4.69, 9.17) is 9.47 Å². The molecule has 0 unspecified atom stereocenters. The maximum Gasteiger partial charge on any atom is 0.321 e. The number of benzene rings is 1. The van der Waals surface area contributed by atoms with Crippen LogP contribution < -0.4 is 15.4 Å². The minimum atomic E-state index is -0.677. The van der Waals surface area contributed by atoms with E-state index >= 15 is 0 Å². The van der Waals surface area contributed by atoms with Crippen molar-refractivity contribution in [2.75, 3.05) is 13.2 Å². The third kappa shape index (κ3) is 8.17. The molecule has 1 atom stereocenters. The Labute approximate surface area is 141 Å². The molecule has 0 radical (unpaired) electrons. The summed E-state index contributed by atoms with van der Waals surface area (Å²) >= 11 is 0. The SMILES string of the molecule is CC[C@H](C)NC(=O)NC(=O)COC(=O)CCOc1ccc(C)cc1. The molecule has 0 heterocycles. The van der Waals surface area contributed by atoms with Crippen molar-refractivity contribution in [3.8, 4) is 5.75 Å². The molecule has 0 aromatic heterocycles. The Morgan fingerprint density at radius 1 is 1.17 bits per heavy atom. The lowest BCUT2D eigenvalue weighted by Gasteiger charge is -2.11. The van der Waals surface area contributed by atoms with Crippen molar-refractivity contribution in [1.29, 1.82) is 0 Å². The van der Waals surface area contributed by atoms with Gasteiger partial charge >= 0.3 is 12.0 Å². The summed E-state index contributed by atoms with van der Waals surface area (Å²) in [5.74, 6) is -0.587. The summed E-state index contributed by atoms with van der Waals surface area (Å²) in [6.07, 6.45) is 0.762. The second-order valence-corrected chi connectivity index (χ2v) is 5.40. The lowest BCUT2D eigenvalue weighted by atomic mass is 10.2. The van der Waals surface area contributed by atoms with Crippen molar-refractivity contribution in [1.82, 2.24) is 10.6 Å². The highest BCUT2D eigenvalue weighted by atomic mass is 16.5. The van der Waals surface area contributed by atoms with Crippen molar-refractivity contribution in [2.45, 2.75) is 39.7 Å². The summed E-state index contributed by atoms with van der Waals surface area (Å²) in [6, 6.07) is 6.78. The molecule has 0 aliphatic heterocycles. The molecule has 2 N–H and O–H groups in total. The summed E-state index contributed by atoms with van der Waals surface area (Å²) in [4.78, 5) is 34.4. The van der Waals surface area contributed by atoms with Gasteiger partial charge in [-0.15, -0.1) is 0 Å². The van der Waals surface area contributed by atoms with Crippen LogP contribution in [0.25, 0.3) is 0 Å². The predicted octanol–water partition coefficient (Wildman–Crippen LogP) is 1.93. The highest BCUT2D eigenvalue weighted by Crippen LogP contribution is 2.11. The molecule has 0 fully saturated rings. The van der Waals surface area contributed by atoms with Gasteiger partial charge in [-0.25, -0.2) is 4.79 Å². The van der Waals surface area contributed by atoms with Crippen molar-refractivity contribution in [3.05, 3.63) is 29.8 Å². The topological polar surface area (TPSA) is 93.7 Å². The summed E-state index contributed by atoms with van der Waals surface area (Å²) in [5, 5.41) is 4.66. The number of esters is 1. The van der Waals surface area contributed by atoms with E-state index in [0.29, 0.717) is 5.75 Å². The quantitative estimate of drug-likeness (QED) is 0.708. The number of amides is 3. The van der Waals surface area contributed by atoms with Gasteiger partial charge in [0.15, 0.2) is 6.61 Å². The van der Waals surface area contributed by atoms with E-state index in [1.807, 2.05) is 45.0 Å². The molecule has 1 rings (SSSR count). The van der Waals surface area contributed by atoms with Gasteiger partial charge in [0.05, 0.1) is 13.0 Å². The average Bonchev–Trinajstić information content (AvgIpc) is 2.54. The third-order valence-corrected chi connectivity index (χ3v) is 3.20. The van der Waals surface area contributed by atoms with E-state index in [-0.39, 0.29) is 19.1 Å². The van der Waals surface area contributed by atoms with Crippen molar-refractivity contribution >= 4 is 17.9 Å². The fraction of sp³-hybridized carbons (Fsp3) is 0.471. The highest BCUT2D eigenvalue weighted by molar-refractivity contribution is 5.95. The zero-order valence-electron chi connectivity index (χ0n) is 14.3. The van der Waals surface area contributed by atoms with Gasteiger partial charge < -0.3 is 14.8 Å². The molecule has 0 aliphatic carbocycles. The molecule has 0 saturated carbocycles.